The summed E-state index contributed by atoms with van der Waals surface area (Å²) in [7, 11) is 1.31. The third-order valence-electron chi connectivity index (χ3n) is 5.71. The minimum Gasteiger partial charge on any atom is -0.487 e. The molecule has 4 aromatic rings. The highest BCUT2D eigenvalue weighted by Crippen LogP contribution is 2.38. The summed E-state index contributed by atoms with van der Waals surface area (Å²) in [6.45, 7) is 3.47. The molecule has 0 spiro atoms. The van der Waals surface area contributed by atoms with Crippen molar-refractivity contribution in [2.24, 2.45) is 0 Å². The molecule has 15 heteroatoms. The van der Waals surface area contributed by atoms with Crippen molar-refractivity contribution < 1.29 is 46.6 Å². The van der Waals surface area contributed by atoms with Crippen LogP contribution < -0.4 is 18.9 Å². The van der Waals surface area contributed by atoms with Crippen molar-refractivity contribution in [3.63, 3.8) is 0 Å². The third-order valence-corrected chi connectivity index (χ3v) is 6.53. The maximum absolute atomic E-state index is 12.6. The van der Waals surface area contributed by atoms with Crippen molar-refractivity contribution in [1.82, 2.24) is 0 Å². The number of alkyl halides is 3. The zero-order valence-electron chi connectivity index (χ0n) is 24.3. The number of rotatable bonds is 10. The molecule has 4 rings (SSSR count). The molecule has 0 saturated carbocycles. The van der Waals surface area contributed by atoms with Crippen molar-refractivity contribution in [1.29, 1.82) is 0 Å². The van der Waals surface area contributed by atoms with Gasteiger partial charge in [0.15, 0.2) is 6.10 Å². The van der Waals surface area contributed by atoms with Crippen molar-refractivity contribution in [3.05, 3.63) is 110 Å². The molecule has 9 nitrogen and oxygen atoms in total. The Hall–Kier alpha value is -4.39. The Bertz CT molecular complexity index is 1670. The number of benzene rings is 4. The van der Waals surface area contributed by atoms with Crippen LogP contribution >= 0.6 is 34.8 Å². The average Bonchev–Trinajstić information content (AvgIpc) is 3.00. The summed E-state index contributed by atoms with van der Waals surface area (Å²) in [6, 6.07) is 18.2. The summed E-state index contributed by atoms with van der Waals surface area (Å²) in [6.07, 6.45) is -5.19. The molecule has 0 N–H and O–H groups in total. The van der Waals surface area contributed by atoms with Crippen LogP contribution in [0.15, 0.2) is 78.9 Å². The molecule has 0 bridgehead atoms. The Morgan fingerprint density at radius 2 is 1.39 bits per heavy atom. The minimum absolute atomic E-state index is 0.0111. The highest BCUT2D eigenvalue weighted by Gasteiger charge is 2.31. The highest BCUT2D eigenvalue weighted by molar-refractivity contribution is 6.35. The number of nitro groups is 1. The van der Waals surface area contributed by atoms with Gasteiger partial charge in [-0.3, -0.25) is 10.1 Å². The zero-order chi connectivity index (χ0) is 34.0. The fourth-order valence-corrected chi connectivity index (χ4v) is 4.22. The van der Waals surface area contributed by atoms with Gasteiger partial charge in [0.25, 0.3) is 0 Å². The molecule has 0 amide bonds. The van der Waals surface area contributed by atoms with E-state index in [4.69, 9.17) is 53.8 Å². The lowest BCUT2D eigenvalue weighted by molar-refractivity contribution is -0.385. The third kappa shape index (κ3) is 10.3. The van der Waals surface area contributed by atoms with Gasteiger partial charge in [0.05, 0.1) is 34.2 Å². The predicted molar refractivity (Wildman–Crippen MR) is 166 cm³/mol. The summed E-state index contributed by atoms with van der Waals surface area (Å²) < 4.78 is 64.1. The molecule has 0 aliphatic heterocycles. The van der Waals surface area contributed by atoms with Crippen molar-refractivity contribution >= 4 is 46.5 Å². The van der Waals surface area contributed by atoms with Gasteiger partial charge in [-0.25, -0.2) is 4.79 Å². The van der Waals surface area contributed by atoms with Crippen LogP contribution in [0.5, 0.6) is 34.5 Å². The Morgan fingerprint density at radius 1 is 0.826 bits per heavy atom. The number of hydrogen-bond donors (Lipinski definition) is 0. The second-order valence-corrected chi connectivity index (χ2v) is 10.2. The Balaban J connectivity index is 0.000000251. The molecule has 46 heavy (non-hydrogen) atoms. The molecule has 0 saturated heterocycles. The standard InChI is InChI=1S/C16H14Cl2O4.C15H11ClF3NO4/c1-10(16(19)20-2)21-12-4-6-13(7-5-12)22-15-8-3-11(17)9-14(15)18;1-2-23-14-8-10(4-5-12(14)20(21)22)24-13-6-3-9(7-11(13)16)15(17,18)19/h3-10H,1-2H3;3-8H,2H2,1H3. The summed E-state index contributed by atoms with van der Waals surface area (Å²) in [5.74, 6) is 1.31. The normalized spacial score (nSPS) is 11.4. The van der Waals surface area contributed by atoms with Crippen molar-refractivity contribution in [2.75, 3.05) is 13.7 Å². The van der Waals surface area contributed by atoms with Crippen LogP contribution in [0.3, 0.4) is 0 Å². The highest BCUT2D eigenvalue weighted by atomic mass is 35.5. The fourth-order valence-electron chi connectivity index (χ4n) is 3.56. The lowest BCUT2D eigenvalue weighted by atomic mass is 10.2. The first-order valence-corrected chi connectivity index (χ1v) is 14.3. The zero-order valence-corrected chi connectivity index (χ0v) is 26.5. The number of esters is 1. The van der Waals surface area contributed by atoms with Gasteiger partial charge in [-0.1, -0.05) is 34.8 Å². The van der Waals surface area contributed by atoms with E-state index < -0.39 is 28.7 Å². The van der Waals surface area contributed by atoms with Crippen LogP contribution in [0.2, 0.25) is 15.1 Å². The SMILES string of the molecule is CCOc1cc(Oc2ccc(C(F)(F)F)cc2Cl)ccc1[N+](=O)[O-].COC(=O)C(C)Oc1ccc(Oc2ccc(Cl)cc2Cl)cc1. The van der Waals surface area contributed by atoms with E-state index in [0.29, 0.717) is 27.3 Å². The molecule has 0 heterocycles. The maximum Gasteiger partial charge on any atom is 0.416 e. The largest absolute Gasteiger partial charge is 0.487 e. The summed E-state index contributed by atoms with van der Waals surface area (Å²) >= 11 is 17.7. The van der Waals surface area contributed by atoms with Crippen LogP contribution in [-0.2, 0) is 15.7 Å². The lowest BCUT2D eigenvalue weighted by Crippen LogP contribution is -2.24. The van der Waals surface area contributed by atoms with E-state index in [1.54, 1.807) is 56.3 Å². The van der Waals surface area contributed by atoms with E-state index >= 15 is 0 Å². The van der Waals surface area contributed by atoms with Gasteiger partial charge in [0.1, 0.15) is 28.7 Å². The topological polar surface area (TPSA) is 106 Å². The van der Waals surface area contributed by atoms with Gasteiger partial charge in [0, 0.05) is 17.2 Å². The first-order valence-electron chi connectivity index (χ1n) is 13.1. The van der Waals surface area contributed by atoms with Gasteiger partial charge in [-0.15, -0.1) is 0 Å². The number of nitro benzene ring substituents is 1. The molecule has 0 aliphatic rings. The number of methoxy groups -OCH3 is 1. The lowest BCUT2D eigenvalue weighted by Gasteiger charge is -2.13. The molecular weight excluding hydrogens is 678 g/mol. The number of nitrogens with zero attached hydrogens (tertiary/aromatic N) is 1. The molecule has 0 radical (unpaired) electrons. The second-order valence-electron chi connectivity index (χ2n) is 9.00. The van der Waals surface area contributed by atoms with Crippen molar-refractivity contribution in [3.8, 4) is 34.5 Å². The Kier molecular flexibility index (Phi) is 12.7. The van der Waals surface area contributed by atoms with Gasteiger partial charge < -0.3 is 23.7 Å². The van der Waals surface area contributed by atoms with Gasteiger partial charge in [-0.2, -0.15) is 13.2 Å². The summed E-state index contributed by atoms with van der Waals surface area (Å²) in [5, 5.41) is 11.6. The number of ether oxygens (including phenoxy) is 5. The van der Waals surface area contributed by atoms with Crippen LogP contribution in [0.4, 0.5) is 18.9 Å². The van der Waals surface area contributed by atoms with Crippen LogP contribution in [0.1, 0.15) is 19.4 Å². The van der Waals surface area contributed by atoms with Crippen LogP contribution in [0.25, 0.3) is 0 Å². The number of carbonyl (C=O) groups excluding carboxylic acids is 1. The van der Waals surface area contributed by atoms with E-state index in [0.717, 1.165) is 18.2 Å². The minimum atomic E-state index is -4.52. The second kappa shape index (κ2) is 16.3. The van der Waals surface area contributed by atoms with Gasteiger partial charge >= 0.3 is 17.8 Å². The number of hydrogen-bond acceptors (Lipinski definition) is 8. The van der Waals surface area contributed by atoms with Crippen molar-refractivity contribution in [2.45, 2.75) is 26.1 Å². The molecule has 0 fully saturated rings. The fraction of sp³-hybridized carbons (Fsp3) is 0.194. The Morgan fingerprint density at radius 3 is 1.93 bits per heavy atom. The van der Waals surface area contributed by atoms with Crippen LogP contribution in [-0.4, -0.2) is 30.7 Å². The predicted octanol–water partition coefficient (Wildman–Crippen LogP) is 10.2. The summed E-state index contributed by atoms with van der Waals surface area (Å²) in [4.78, 5) is 21.6. The van der Waals surface area contributed by atoms with E-state index in [-0.39, 0.29) is 34.6 Å². The molecule has 0 aliphatic carbocycles. The monoisotopic (exact) mass is 701 g/mol. The molecule has 244 valence electrons. The van der Waals surface area contributed by atoms with Gasteiger partial charge in [0.2, 0.25) is 5.75 Å². The molecule has 0 aromatic heterocycles. The number of halogens is 6. The van der Waals surface area contributed by atoms with Crippen LogP contribution in [0, 0.1) is 10.1 Å². The summed E-state index contributed by atoms with van der Waals surface area (Å²) in [5.41, 5.74) is -1.15. The smallest absolute Gasteiger partial charge is 0.416 e. The quantitative estimate of drug-likeness (QED) is 0.0913. The molecule has 1 atom stereocenters. The first kappa shape index (κ1) is 36.1. The molecular formula is C31H25Cl3F3NO8. The maximum atomic E-state index is 12.6. The molecule has 1 unspecified atom stereocenters. The first-order chi connectivity index (χ1) is 21.7. The van der Waals surface area contributed by atoms with E-state index in [2.05, 4.69) is 4.74 Å². The van der Waals surface area contributed by atoms with Gasteiger partial charge in [-0.05, 0) is 80.6 Å². The van der Waals surface area contributed by atoms with E-state index in [9.17, 15) is 28.1 Å². The average molecular weight is 703 g/mol. The Labute approximate surface area is 276 Å². The van der Waals surface area contributed by atoms with E-state index in [1.807, 2.05) is 0 Å². The molecule has 4 aromatic carbocycles. The van der Waals surface area contributed by atoms with E-state index in [1.165, 1.54) is 25.3 Å². The number of carbonyl (C=O) groups is 1.